The van der Waals surface area contributed by atoms with E-state index in [0.717, 1.165) is 26.2 Å². The SMILES string of the molecule is [C-]#[N+]c1ccc(Oc2nc3nc(N4CCNCC4)n(CC#CC)c3c(=O)n2C)cc1. The number of nitrogens with zero attached hydrogens (tertiary/aromatic N) is 6. The zero-order valence-corrected chi connectivity index (χ0v) is 16.8. The van der Waals surface area contributed by atoms with Crippen LogP contribution in [-0.2, 0) is 13.6 Å². The van der Waals surface area contributed by atoms with Crippen LogP contribution in [0.3, 0.4) is 0 Å². The lowest BCUT2D eigenvalue weighted by molar-refractivity contribution is 0.415. The van der Waals surface area contributed by atoms with Crippen molar-refractivity contribution in [3.8, 4) is 23.6 Å². The Balaban J connectivity index is 1.80. The largest absolute Gasteiger partial charge is 0.426 e. The third kappa shape index (κ3) is 3.59. The van der Waals surface area contributed by atoms with Gasteiger partial charge in [-0.25, -0.2) is 4.85 Å². The van der Waals surface area contributed by atoms with E-state index in [1.54, 1.807) is 38.2 Å². The summed E-state index contributed by atoms with van der Waals surface area (Å²) in [5.41, 5.74) is 0.998. The van der Waals surface area contributed by atoms with Gasteiger partial charge in [0.2, 0.25) is 5.95 Å². The lowest BCUT2D eigenvalue weighted by Gasteiger charge is -2.28. The number of hydrogen-bond acceptors (Lipinski definition) is 6. The number of aromatic nitrogens is 4. The number of nitrogens with one attached hydrogen (secondary N) is 1. The minimum atomic E-state index is -0.250. The average molecular weight is 403 g/mol. The predicted octanol–water partition coefficient (Wildman–Crippen LogP) is 1.91. The molecule has 1 aliphatic rings. The van der Waals surface area contributed by atoms with Crippen molar-refractivity contribution in [1.29, 1.82) is 0 Å². The second-order valence-electron chi connectivity index (χ2n) is 6.80. The first-order valence-corrected chi connectivity index (χ1v) is 9.60. The van der Waals surface area contributed by atoms with Crippen LogP contribution in [0, 0.1) is 18.4 Å². The van der Waals surface area contributed by atoms with Crippen molar-refractivity contribution in [3.63, 3.8) is 0 Å². The van der Waals surface area contributed by atoms with E-state index >= 15 is 0 Å². The summed E-state index contributed by atoms with van der Waals surface area (Å²) in [4.78, 5) is 27.9. The van der Waals surface area contributed by atoms with Crippen molar-refractivity contribution >= 4 is 22.8 Å². The minimum Gasteiger partial charge on any atom is -0.426 e. The molecule has 0 aliphatic carbocycles. The molecule has 0 bridgehead atoms. The van der Waals surface area contributed by atoms with E-state index in [1.165, 1.54) is 4.57 Å². The molecule has 1 aromatic carbocycles. The number of rotatable bonds is 4. The maximum atomic E-state index is 13.2. The Bertz CT molecular complexity index is 1230. The summed E-state index contributed by atoms with van der Waals surface area (Å²) in [5.74, 6) is 7.10. The molecule has 1 saturated heterocycles. The van der Waals surface area contributed by atoms with Gasteiger partial charge in [-0.3, -0.25) is 13.9 Å². The van der Waals surface area contributed by atoms with Crippen LogP contribution < -0.4 is 20.5 Å². The van der Waals surface area contributed by atoms with Crippen molar-refractivity contribution in [2.45, 2.75) is 13.5 Å². The van der Waals surface area contributed by atoms with Gasteiger partial charge in [0.1, 0.15) is 5.75 Å². The molecule has 30 heavy (non-hydrogen) atoms. The monoisotopic (exact) mass is 403 g/mol. The lowest BCUT2D eigenvalue weighted by Crippen LogP contribution is -2.44. The van der Waals surface area contributed by atoms with Crippen LogP contribution in [-0.4, -0.2) is 45.3 Å². The number of piperazine rings is 1. The van der Waals surface area contributed by atoms with Crippen LogP contribution in [0.4, 0.5) is 11.6 Å². The maximum absolute atomic E-state index is 13.2. The smallest absolute Gasteiger partial charge is 0.306 e. The molecule has 9 nitrogen and oxygen atoms in total. The van der Waals surface area contributed by atoms with E-state index in [0.29, 0.717) is 35.1 Å². The summed E-state index contributed by atoms with van der Waals surface area (Å²) in [7, 11) is 1.62. The summed E-state index contributed by atoms with van der Waals surface area (Å²) in [5, 5.41) is 3.32. The normalized spacial score (nSPS) is 13.6. The highest BCUT2D eigenvalue weighted by Crippen LogP contribution is 2.25. The van der Waals surface area contributed by atoms with E-state index in [9.17, 15) is 4.79 Å². The zero-order valence-electron chi connectivity index (χ0n) is 16.8. The summed E-state index contributed by atoms with van der Waals surface area (Å²) in [6.07, 6.45) is 0. The fourth-order valence-corrected chi connectivity index (χ4v) is 3.33. The van der Waals surface area contributed by atoms with Gasteiger partial charge in [-0.1, -0.05) is 18.1 Å². The van der Waals surface area contributed by atoms with Crippen LogP contribution in [0.2, 0.25) is 0 Å². The van der Waals surface area contributed by atoms with Gasteiger partial charge in [-0.15, -0.1) is 5.92 Å². The molecule has 4 rings (SSSR count). The molecular weight excluding hydrogens is 382 g/mol. The second-order valence-corrected chi connectivity index (χ2v) is 6.80. The van der Waals surface area contributed by atoms with Crippen molar-refractivity contribution in [1.82, 2.24) is 24.4 Å². The van der Waals surface area contributed by atoms with E-state index in [2.05, 4.69) is 36.9 Å². The van der Waals surface area contributed by atoms with Gasteiger partial charge in [0, 0.05) is 33.2 Å². The fraction of sp³-hybridized carbons (Fsp3) is 0.333. The third-order valence-corrected chi connectivity index (χ3v) is 4.91. The Morgan fingerprint density at radius 3 is 2.63 bits per heavy atom. The number of fused-ring (bicyclic) bond motifs is 1. The van der Waals surface area contributed by atoms with Gasteiger partial charge in [0.15, 0.2) is 16.9 Å². The Labute approximate surface area is 173 Å². The summed E-state index contributed by atoms with van der Waals surface area (Å²) < 4.78 is 9.02. The van der Waals surface area contributed by atoms with Gasteiger partial charge in [-0.2, -0.15) is 9.97 Å². The molecule has 2 aromatic heterocycles. The molecule has 0 spiro atoms. The molecular formula is C21H21N7O2. The number of anilines is 1. The van der Waals surface area contributed by atoms with Gasteiger partial charge in [0.25, 0.3) is 5.56 Å². The molecule has 3 aromatic rings. The third-order valence-electron chi connectivity index (χ3n) is 4.91. The second kappa shape index (κ2) is 8.27. The highest BCUT2D eigenvalue weighted by molar-refractivity contribution is 5.75. The average Bonchev–Trinajstić information content (AvgIpc) is 3.15. The van der Waals surface area contributed by atoms with Crippen LogP contribution in [0.15, 0.2) is 29.1 Å². The summed E-state index contributed by atoms with van der Waals surface area (Å²) in [6.45, 7) is 12.5. The minimum absolute atomic E-state index is 0.140. The van der Waals surface area contributed by atoms with Crippen molar-refractivity contribution in [2.24, 2.45) is 7.05 Å². The topological polar surface area (TPSA) is 81.6 Å². The van der Waals surface area contributed by atoms with Gasteiger partial charge in [0.05, 0.1) is 13.1 Å². The van der Waals surface area contributed by atoms with Crippen LogP contribution in [0.25, 0.3) is 16.0 Å². The molecule has 1 aliphatic heterocycles. The van der Waals surface area contributed by atoms with Crippen molar-refractivity contribution < 1.29 is 4.74 Å². The number of hydrogen-bond donors (Lipinski definition) is 1. The summed E-state index contributed by atoms with van der Waals surface area (Å²) >= 11 is 0. The van der Waals surface area contributed by atoms with Gasteiger partial charge < -0.3 is 15.0 Å². The number of benzene rings is 1. The van der Waals surface area contributed by atoms with Crippen molar-refractivity contribution in [3.05, 3.63) is 46.0 Å². The highest BCUT2D eigenvalue weighted by atomic mass is 16.5. The molecule has 0 atom stereocenters. The highest BCUT2D eigenvalue weighted by Gasteiger charge is 2.23. The first-order chi connectivity index (χ1) is 14.6. The molecule has 1 N–H and O–H groups in total. The van der Waals surface area contributed by atoms with Crippen LogP contribution >= 0.6 is 0 Å². The molecule has 0 radical (unpaired) electrons. The number of imidazole rings is 1. The molecule has 0 unspecified atom stereocenters. The zero-order chi connectivity index (χ0) is 21.1. The van der Waals surface area contributed by atoms with E-state index in [-0.39, 0.29) is 11.6 Å². The quantitative estimate of drug-likeness (QED) is 0.529. The Morgan fingerprint density at radius 1 is 1.23 bits per heavy atom. The predicted molar refractivity (Wildman–Crippen MR) is 114 cm³/mol. The van der Waals surface area contributed by atoms with Gasteiger partial charge in [-0.05, 0) is 19.1 Å². The van der Waals surface area contributed by atoms with Gasteiger partial charge >= 0.3 is 6.01 Å². The summed E-state index contributed by atoms with van der Waals surface area (Å²) in [6, 6.07) is 6.79. The first kappa shape index (κ1) is 19.5. The van der Waals surface area contributed by atoms with E-state index < -0.39 is 0 Å². The molecule has 3 heterocycles. The number of ether oxygens (including phenoxy) is 1. The molecule has 0 saturated carbocycles. The van der Waals surface area contributed by atoms with Crippen LogP contribution in [0.5, 0.6) is 11.8 Å². The van der Waals surface area contributed by atoms with Crippen molar-refractivity contribution in [2.75, 3.05) is 31.1 Å². The van der Waals surface area contributed by atoms with Crippen LogP contribution in [0.1, 0.15) is 6.92 Å². The Hall–Kier alpha value is -3.82. The molecule has 9 heteroatoms. The molecule has 152 valence electrons. The Morgan fingerprint density at radius 2 is 1.97 bits per heavy atom. The Kier molecular flexibility index (Phi) is 5.38. The molecule has 1 fully saturated rings. The fourth-order valence-electron chi connectivity index (χ4n) is 3.33. The standard InChI is InChI=1S/C21H21N7O2/c1-4-5-12-28-17-18(24-20(28)27-13-10-23-11-14-27)25-21(26(3)19(17)29)30-16-8-6-15(22-2)7-9-16/h6-9,23H,10-14H2,1,3H3. The molecule has 0 amide bonds. The first-order valence-electron chi connectivity index (χ1n) is 9.60. The van der Waals surface area contributed by atoms with E-state index in [4.69, 9.17) is 11.3 Å². The van der Waals surface area contributed by atoms with E-state index in [1.807, 2.05) is 4.57 Å². The maximum Gasteiger partial charge on any atom is 0.306 e. The lowest BCUT2D eigenvalue weighted by atomic mass is 10.3.